The number of hydrogen-bond acceptors (Lipinski definition) is 6. The first kappa shape index (κ1) is 20.2. The van der Waals surface area contributed by atoms with E-state index in [0.29, 0.717) is 44.3 Å². The third kappa shape index (κ3) is 4.21. The number of benzene rings is 1. The van der Waals surface area contributed by atoms with Crippen molar-refractivity contribution < 1.29 is 9.59 Å². The van der Waals surface area contributed by atoms with Gasteiger partial charge in [0, 0.05) is 24.9 Å². The Hall–Kier alpha value is -2.74. The predicted molar refractivity (Wildman–Crippen MR) is 118 cm³/mol. The molecule has 1 aromatic heterocycles. The van der Waals surface area contributed by atoms with Crippen LogP contribution < -0.4 is 10.6 Å². The molecule has 2 aromatic rings. The van der Waals surface area contributed by atoms with Gasteiger partial charge in [-0.3, -0.25) is 14.5 Å². The van der Waals surface area contributed by atoms with E-state index in [-0.39, 0.29) is 23.9 Å². The molecule has 2 amide bonds. The van der Waals surface area contributed by atoms with Gasteiger partial charge in [-0.25, -0.2) is 9.97 Å². The van der Waals surface area contributed by atoms with Crippen LogP contribution in [0.3, 0.4) is 0 Å². The number of piperazine rings is 1. The van der Waals surface area contributed by atoms with E-state index in [9.17, 15) is 9.59 Å². The maximum absolute atomic E-state index is 13.3. The lowest BCUT2D eigenvalue weighted by Gasteiger charge is -2.42. The topological polar surface area (TPSA) is 90.5 Å². The van der Waals surface area contributed by atoms with Gasteiger partial charge in [0.05, 0.1) is 18.6 Å². The van der Waals surface area contributed by atoms with Crippen LogP contribution in [0.25, 0.3) is 10.9 Å². The summed E-state index contributed by atoms with van der Waals surface area (Å²) in [7, 11) is 0. The molecule has 2 bridgehead atoms. The molecule has 2 N–H and O–H groups in total. The van der Waals surface area contributed by atoms with Gasteiger partial charge in [0.1, 0.15) is 23.8 Å². The molecule has 8 heteroatoms. The monoisotopic (exact) mass is 422 g/mol. The van der Waals surface area contributed by atoms with E-state index in [2.05, 4.69) is 15.5 Å². The highest BCUT2D eigenvalue weighted by atomic mass is 16.2. The Morgan fingerprint density at radius 3 is 2.74 bits per heavy atom. The van der Waals surface area contributed by atoms with Crippen molar-refractivity contribution >= 4 is 28.5 Å². The molecule has 1 aromatic carbocycles. The molecule has 3 aliphatic rings. The second kappa shape index (κ2) is 8.07. The van der Waals surface area contributed by atoms with Gasteiger partial charge in [-0.05, 0) is 36.8 Å². The first-order chi connectivity index (χ1) is 15.0. The zero-order valence-electron chi connectivity index (χ0n) is 18.2. The largest absolute Gasteiger partial charge is 0.358 e. The van der Waals surface area contributed by atoms with Crippen LogP contribution in [0.4, 0.5) is 5.82 Å². The van der Waals surface area contributed by atoms with E-state index in [0.717, 1.165) is 29.6 Å². The Morgan fingerprint density at radius 1 is 1.16 bits per heavy atom. The van der Waals surface area contributed by atoms with E-state index in [1.807, 2.05) is 43.0 Å². The van der Waals surface area contributed by atoms with Crippen molar-refractivity contribution in [1.29, 1.82) is 0 Å². The molecule has 2 fully saturated rings. The summed E-state index contributed by atoms with van der Waals surface area (Å²) in [4.78, 5) is 39.7. The molecular weight excluding hydrogens is 392 g/mol. The van der Waals surface area contributed by atoms with Crippen LogP contribution in [0, 0.1) is 11.8 Å². The minimum absolute atomic E-state index is 0.0624. The molecule has 0 spiro atoms. The lowest BCUT2D eigenvalue weighted by Crippen LogP contribution is -2.63. The second-order valence-corrected chi connectivity index (χ2v) is 9.35. The van der Waals surface area contributed by atoms with Gasteiger partial charge in [0.25, 0.3) is 0 Å². The average molecular weight is 423 g/mol. The summed E-state index contributed by atoms with van der Waals surface area (Å²) in [6.45, 7) is 6.44. The van der Waals surface area contributed by atoms with Crippen LogP contribution in [-0.4, -0.2) is 63.4 Å². The van der Waals surface area contributed by atoms with Crippen LogP contribution in [0.1, 0.15) is 38.9 Å². The number of rotatable bonds is 3. The van der Waals surface area contributed by atoms with E-state index in [1.54, 1.807) is 0 Å². The number of nitrogens with one attached hydrogen (secondary N) is 2. The van der Waals surface area contributed by atoms with Gasteiger partial charge >= 0.3 is 0 Å². The number of amides is 2. The van der Waals surface area contributed by atoms with Crippen molar-refractivity contribution in [3.63, 3.8) is 0 Å². The fourth-order valence-electron chi connectivity index (χ4n) is 4.49. The zero-order chi connectivity index (χ0) is 21.5. The summed E-state index contributed by atoms with van der Waals surface area (Å²) in [5, 5.41) is 7.50. The van der Waals surface area contributed by atoms with Crippen LogP contribution in [0.5, 0.6) is 0 Å². The highest BCUT2D eigenvalue weighted by Crippen LogP contribution is 2.33. The lowest BCUT2D eigenvalue weighted by atomic mass is 10.0. The number of carbonyl (C=O) groups is 2. The minimum atomic E-state index is -0.427. The number of para-hydroxylation sites is 1. The summed E-state index contributed by atoms with van der Waals surface area (Å²) in [6, 6.07) is 7.46. The van der Waals surface area contributed by atoms with Gasteiger partial charge in [-0.2, -0.15) is 0 Å². The first-order valence-electron chi connectivity index (χ1n) is 11.3. The van der Waals surface area contributed by atoms with Gasteiger partial charge in [0.2, 0.25) is 11.8 Å². The summed E-state index contributed by atoms with van der Waals surface area (Å²) >= 11 is 0. The number of anilines is 1. The zero-order valence-corrected chi connectivity index (χ0v) is 18.2. The molecule has 164 valence electrons. The molecule has 1 aliphatic carbocycles. The standard InChI is InChI=1S/C23H30N6O2/c1-14(2)21-23(31)26-19-13-29(20(30)11-15-7-8-15)10-9-28(19)12-18-24-17-6-4-3-5-16(17)22(25-18)27-21/h3-6,14-15,19,21H,7-13H2,1-2H3,(H,26,31)(H,24,25,27)/t19-,21+/m1/s1. The molecule has 1 saturated heterocycles. The maximum Gasteiger partial charge on any atom is 0.244 e. The Morgan fingerprint density at radius 2 is 1.97 bits per heavy atom. The molecule has 31 heavy (non-hydrogen) atoms. The summed E-state index contributed by atoms with van der Waals surface area (Å²) in [5.74, 6) is 2.20. The van der Waals surface area contributed by atoms with E-state index < -0.39 is 6.04 Å². The molecule has 3 heterocycles. The number of fused-ring (bicyclic) bond motifs is 5. The summed E-state index contributed by atoms with van der Waals surface area (Å²) < 4.78 is 0. The molecule has 2 atom stereocenters. The SMILES string of the molecule is CC(C)[C@@H]1Nc2nc(nc3ccccc23)CN2CCN(C(=O)CC3CC3)C[C@@H]2NC1=O. The van der Waals surface area contributed by atoms with Crippen molar-refractivity contribution in [3.8, 4) is 0 Å². The highest BCUT2D eigenvalue weighted by Gasteiger charge is 2.36. The normalized spacial score (nSPS) is 24.5. The fraction of sp³-hybridized carbons (Fsp3) is 0.565. The van der Waals surface area contributed by atoms with Gasteiger partial charge in [-0.15, -0.1) is 0 Å². The predicted octanol–water partition coefficient (Wildman–Crippen LogP) is 1.97. The quantitative estimate of drug-likeness (QED) is 0.786. The third-order valence-corrected chi connectivity index (χ3v) is 6.55. The van der Waals surface area contributed by atoms with Gasteiger partial charge < -0.3 is 15.5 Å². The second-order valence-electron chi connectivity index (χ2n) is 9.35. The summed E-state index contributed by atoms with van der Waals surface area (Å²) in [6.07, 6.45) is 2.71. The Kier molecular flexibility index (Phi) is 5.25. The molecule has 8 nitrogen and oxygen atoms in total. The Bertz CT molecular complexity index is 1000. The van der Waals surface area contributed by atoms with E-state index in [4.69, 9.17) is 9.97 Å². The van der Waals surface area contributed by atoms with Crippen molar-refractivity contribution in [3.05, 3.63) is 30.1 Å². The Labute approximate surface area is 182 Å². The molecule has 0 radical (unpaired) electrons. The van der Waals surface area contributed by atoms with Crippen molar-refractivity contribution in [2.24, 2.45) is 11.8 Å². The molecule has 2 aliphatic heterocycles. The van der Waals surface area contributed by atoms with Crippen LogP contribution >= 0.6 is 0 Å². The van der Waals surface area contributed by atoms with E-state index >= 15 is 0 Å². The number of aromatic nitrogens is 2. The smallest absolute Gasteiger partial charge is 0.244 e. The van der Waals surface area contributed by atoms with Gasteiger partial charge in [-0.1, -0.05) is 26.0 Å². The van der Waals surface area contributed by atoms with Crippen molar-refractivity contribution in [2.75, 3.05) is 25.0 Å². The lowest BCUT2D eigenvalue weighted by molar-refractivity contribution is -0.137. The molecule has 1 saturated carbocycles. The number of hydrogen-bond donors (Lipinski definition) is 2. The van der Waals surface area contributed by atoms with Gasteiger partial charge in [0.15, 0.2) is 0 Å². The van der Waals surface area contributed by atoms with Crippen LogP contribution in [0.15, 0.2) is 24.3 Å². The van der Waals surface area contributed by atoms with E-state index in [1.165, 1.54) is 0 Å². The fourth-order valence-corrected chi connectivity index (χ4v) is 4.49. The highest BCUT2D eigenvalue weighted by molar-refractivity contribution is 5.92. The Balaban J connectivity index is 1.47. The summed E-state index contributed by atoms with van der Waals surface area (Å²) in [5.41, 5.74) is 0.869. The average Bonchev–Trinajstić information content (AvgIpc) is 3.56. The van der Waals surface area contributed by atoms with Crippen molar-refractivity contribution in [1.82, 2.24) is 25.1 Å². The van der Waals surface area contributed by atoms with Crippen molar-refractivity contribution in [2.45, 2.75) is 51.9 Å². The maximum atomic E-state index is 13.3. The van der Waals surface area contributed by atoms with Crippen LogP contribution in [-0.2, 0) is 16.1 Å². The number of carbonyl (C=O) groups excluding carboxylic acids is 2. The molecular formula is C23H30N6O2. The van der Waals surface area contributed by atoms with Crippen LogP contribution in [0.2, 0.25) is 0 Å². The molecule has 5 rings (SSSR count). The first-order valence-corrected chi connectivity index (χ1v) is 11.3. The minimum Gasteiger partial charge on any atom is -0.358 e. The molecule has 0 unspecified atom stereocenters. The third-order valence-electron chi connectivity index (χ3n) is 6.55. The number of nitrogens with zero attached hydrogens (tertiary/aromatic N) is 4.